The molecule has 0 spiro atoms. The number of amides is 1. The second-order valence-electron chi connectivity index (χ2n) is 7.03. The van der Waals surface area contributed by atoms with Gasteiger partial charge < -0.3 is 14.7 Å². The van der Waals surface area contributed by atoms with E-state index in [-0.39, 0.29) is 11.9 Å². The first-order chi connectivity index (χ1) is 12.5. The maximum absolute atomic E-state index is 12.8. The zero-order chi connectivity index (χ0) is 18.5. The van der Waals surface area contributed by atoms with Crippen LogP contribution in [0.3, 0.4) is 0 Å². The second kappa shape index (κ2) is 8.56. The van der Waals surface area contributed by atoms with Crippen molar-refractivity contribution in [1.82, 2.24) is 4.90 Å². The van der Waals surface area contributed by atoms with Crippen molar-refractivity contribution in [3.8, 4) is 0 Å². The molecule has 1 heterocycles. The van der Waals surface area contributed by atoms with E-state index in [1.807, 2.05) is 55.3 Å². The maximum Gasteiger partial charge on any atom is 0.280 e. The summed E-state index contributed by atoms with van der Waals surface area (Å²) in [5.41, 5.74) is 2.33. The molecule has 1 N–H and O–H groups in total. The van der Waals surface area contributed by atoms with Crippen LogP contribution in [0.4, 0.5) is 5.69 Å². The highest BCUT2D eigenvalue weighted by atomic mass is 35.5. The fourth-order valence-electron chi connectivity index (χ4n) is 3.60. The third-order valence-electron chi connectivity index (χ3n) is 5.20. The van der Waals surface area contributed by atoms with Gasteiger partial charge in [0.25, 0.3) is 5.91 Å². The van der Waals surface area contributed by atoms with Gasteiger partial charge in [0.1, 0.15) is 0 Å². The van der Waals surface area contributed by atoms with Crippen molar-refractivity contribution in [2.24, 2.45) is 0 Å². The van der Waals surface area contributed by atoms with Crippen LogP contribution in [0, 0.1) is 0 Å². The van der Waals surface area contributed by atoms with E-state index >= 15 is 0 Å². The molecule has 4 nitrogen and oxygen atoms in total. The maximum atomic E-state index is 12.8. The first kappa shape index (κ1) is 18.7. The van der Waals surface area contributed by atoms with E-state index in [0.29, 0.717) is 6.54 Å². The van der Waals surface area contributed by atoms with Gasteiger partial charge in [0.2, 0.25) is 0 Å². The second-order valence-corrected chi connectivity index (χ2v) is 7.46. The molecule has 0 bridgehead atoms. The fraction of sp³-hybridized carbons (Fsp3) is 0.381. The van der Waals surface area contributed by atoms with E-state index in [0.717, 1.165) is 42.5 Å². The molecule has 0 aromatic heterocycles. The van der Waals surface area contributed by atoms with Gasteiger partial charge in [-0.05, 0) is 30.7 Å². The number of anilines is 1. The van der Waals surface area contributed by atoms with Gasteiger partial charge in [-0.3, -0.25) is 4.79 Å². The van der Waals surface area contributed by atoms with Crippen LogP contribution in [0.2, 0.25) is 5.02 Å². The van der Waals surface area contributed by atoms with Gasteiger partial charge in [0.15, 0.2) is 6.04 Å². The summed E-state index contributed by atoms with van der Waals surface area (Å²) < 4.78 is 0. The molecule has 2 aromatic carbocycles. The Morgan fingerprint density at radius 2 is 1.85 bits per heavy atom. The van der Waals surface area contributed by atoms with Crippen LogP contribution < -0.4 is 9.80 Å². The summed E-state index contributed by atoms with van der Waals surface area (Å²) >= 11 is 6.10. The third kappa shape index (κ3) is 4.57. The molecule has 1 aliphatic rings. The lowest BCUT2D eigenvalue weighted by molar-refractivity contribution is -0.915. The Balaban J connectivity index is 1.54. The molecular weight excluding hydrogens is 346 g/mol. The van der Waals surface area contributed by atoms with Crippen molar-refractivity contribution in [1.29, 1.82) is 0 Å². The van der Waals surface area contributed by atoms with Crippen molar-refractivity contribution in [2.75, 3.05) is 38.1 Å². The summed E-state index contributed by atoms with van der Waals surface area (Å²) in [5, 5.41) is 0.767. The predicted molar refractivity (Wildman–Crippen MR) is 107 cm³/mol. The summed E-state index contributed by atoms with van der Waals surface area (Å²) in [4.78, 5) is 18.4. The quantitative estimate of drug-likeness (QED) is 0.870. The third-order valence-corrected chi connectivity index (χ3v) is 5.44. The molecule has 1 saturated heterocycles. The highest BCUT2D eigenvalue weighted by Crippen LogP contribution is 2.19. The Hall–Kier alpha value is -2.04. The largest absolute Gasteiger partial charge is 0.360 e. The van der Waals surface area contributed by atoms with E-state index in [9.17, 15) is 4.79 Å². The number of benzene rings is 2. The number of hydrogen-bond acceptors (Lipinski definition) is 2. The standard InChI is InChI=1S/C21H26ClN3O/c1-17(21(26)23(2)16-18-7-4-3-5-8-18)24-11-13-25(14-12-24)20-10-6-9-19(22)15-20/h3-10,15,17H,11-14,16H2,1-2H3/p+1/t17-/m0/s1. The summed E-state index contributed by atoms with van der Waals surface area (Å²) in [7, 11) is 1.90. The average Bonchev–Trinajstić information content (AvgIpc) is 2.67. The Bertz CT molecular complexity index is 729. The SMILES string of the molecule is C[C@@H](C(=O)N(C)Cc1ccccc1)[NH+]1CCN(c2cccc(Cl)c2)CC1. The van der Waals surface area contributed by atoms with Crippen LogP contribution in [0.15, 0.2) is 54.6 Å². The van der Waals surface area contributed by atoms with Crippen LogP contribution in [0.5, 0.6) is 0 Å². The van der Waals surface area contributed by atoms with Gasteiger partial charge in [0.05, 0.1) is 26.2 Å². The summed E-state index contributed by atoms with van der Waals surface area (Å²) in [6.07, 6.45) is 0. The van der Waals surface area contributed by atoms with E-state index in [2.05, 4.69) is 23.1 Å². The summed E-state index contributed by atoms with van der Waals surface area (Å²) in [6, 6.07) is 18.1. The van der Waals surface area contributed by atoms with Crippen LogP contribution in [0.1, 0.15) is 12.5 Å². The number of carbonyl (C=O) groups excluding carboxylic acids is 1. The molecule has 26 heavy (non-hydrogen) atoms. The minimum Gasteiger partial charge on any atom is -0.360 e. The molecule has 138 valence electrons. The first-order valence-corrected chi connectivity index (χ1v) is 9.56. The summed E-state index contributed by atoms with van der Waals surface area (Å²) in [6.45, 7) is 6.50. The molecule has 5 heteroatoms. The molecule has 0 unspecified atom stereocenters. The number of rotatable bonds is 5. The number of likely N-dealkylation sites (N-methyl/N-ethyl adjacent to an activating group) is 1. The Labute approximate surface area is 161 Å². The number of nitrogens with zero attached hydrogens (tertiary/aromatic N) is 2. The van der Waals surface area contributed by atoms with E-state index < -0.39 is 0 Å². The lowest BCUT2D eigenvalue weighted by Gasteiger charge is -2.37. The number of halogens is 1. The molecule has 0 aliphatic carbocycles. The molecule has 1 aliphatic heterocycles. The molecule has 3 rings (SSSR count). The Morgan fingerprint density at radius 1 is 1.15 bits per heavy atom. The zero-order valence-electron chi connectivity index (χ0n) is 15.5. The van der Waals surface area contributed by atoms with Gasteiger partial charge in [-0.15, -0.1) is 0 Å². The minimum atomic E-state index is -0.0229. The molecular formula is C21H27ClN3O+. The van der Waals surface area contributed by atoms with Crippen LogP contribution >= 0.6 is 11.6 Å². The number of quaternary nitrogens is 1. The zero-order valence-corrected chi connectivity index (χ0v) is 16.2. The Kier molecular flexibility index (Phi) is 6.17. The lowest BCUT2D eigenvalue weighted by atomic mass is 10.1. The van der Waals surface area contributed by atoms with E-state index in [1.165, 1.54) is 4.90 Å². The van der Waals surface area contributed by atoms with Gasteiger partial charge in [-0.25, -0.2) is 0 Å². The lowest BCUT2D eigenvalue weighted by Crippen LogP contribution is -3.19. The van der Waals surface area contributed by atoms with Crippen molar-refractivity contribution in [2.45, 2.75) is 19.5 Å². The highest BCUT2D eigenvalue weighted by molar-refractivity contribution is 6.30. The van der Waals surface area contributed by atoms with Crippen molar-refractivity contribution >= 4 is 23.2 Å². The van der Waals surface area contributed by atoms with Gasteiger partial charge in [-0.2, -0.15) is 0 Å². The number of hydrogen-bond donors (Lipinski definition) is 1. The van der Waals surface area contributed by atoms with Crippen molar-refractivity contribution in [3.05, 3.63) is 65.2 Å². The van der Waals surface area contributed by atoms with Crippen molar-refractivity contribution < 1.29 is 9.69 Å². The van der Waals surface area contributed by atoms with Crippen LogP contribution in [-0.2, 0) is 11.3 Å². The topological polar surface area (TPSA) is 28.0 Å². The molecule has 0 radical (unpaired) electrons. The molecule has 2 aromatic rings. The molecule has 1 fully saturated rings. The predicted octanol–water partition coefficient (Wildman–Crippen LogP) is 2.09. The van der Waals surface area contributed by atoms with Gasteiger partial charge in [-0.1, -0.05) is 48.0 Å². The highest BCUT2D eigenvalue weighted by Gasteiger charge is 2.31. The van der Waals surface area contributed by atoms with Crippen molar-refractivity contribution in [3.63, 3.8) is 0 Å². The van der Waals surface area contributed by atoms with E-state index in [4.69, 9.17) is 11.6 Å². The summed E-state index contributed by atoms with van der Waals surface area (Å²) in [5.74, 6) is 0.208. The van der Waals surface area contributed by atoms with Crippen LogP contribution in [-0.4, -0.2) is 50.1 Å². The fourth-order valence-corrected chi connectivity index (χ4v) is 3.78. The van der Waals surface area contributed by atoms with Gasteiger partial charge >= 0.3 is 0 Å². The van der Waals surface area contributed by atoms with Crippen LogP contribution in [0.25, 0.3) is 0 Å². The first-order valence-electron chi connectivity index (χ1n) is 9.18. The molecule has 1 atom stereocenters. The molecule has 1 amide bonds. The normalized spacial score (nSPS) is 16.3. The average molecular weight is 373 g/mol. The minimum absolute atomic E-state index is 0.0229. The number of nitrogens with one attached hydrogen (secondary N) is 1. The van der Waals surface area contributed by atoms with E-state index in [1.54, 1.807) is 0 Å². The monoisotopic (exact) mass is 372 g/mol. The number of piperazine rings is 1. The Morgan fingerprint density at radius 3 is 2.50 bits per heavy atom. The smallest absolute Gasteiger partial charge is 0.280 e. The van der Waals surface area contributed by atoms with Gasteiger partial charge in [0, 0.05) is 24.3 Å². The molecule has 0 saturated carbocycles. The number of carbonyl (C=O) groups is 1.